The number of hydrogen-bond acceptors (Lipinski definition) is 8. The number of methoxy groups -OCH3 is 1. The van der Waals surface area contributed by atoms with Crippen LogP contribution in [0.1, 0.15) is 29.7 Å². The highest BCUT2D eigenvalue weighted by molar-refractivity contribution is 7.91. The average molecular weight is 580 g/mol. The van der Waals surface area contributed by atoms with Gasteiger partial charge in [-0.05, 0) is 42.7 Å². The summed E-state index contributed by atoms with van der Waals surface area (Å²) >= 11 is 1.22. The Kier molecular flexibility index (Phi) is 8.60. The summed E-state index contributed by atoms with van der Waals surface area (Å²) in [5.41, 5.74) is 6.15. The first-order chi connectivity index (χ1) is 17.9. The van der Waals surface area contributed by atoms with E-state index in [1.807, 2.05) is 6.08 Å². The summed E-state index contributed by atoms with van der Waals surface area (Å²) in [5, 5.41) is 3.45. The van der Waals surface area contributed by atoms with Crippen molar-refractivity contribution >= 4 is 37.1 Å². The van der Waals surface area contributed by atoms with Crippen molar-refractivity contribution in [2.45, 2.75) is 53.0 Å². The van der Waals surface area contributed by atoms with Crippen LogP contribution in [-0.4, -0.2) is 65.1 Å². The lowest BCUT2D eigenvalue weighted by molar-refractivity contribution is -0.115. The molecular formula is C26H33N3O6S3. The molecule has 1 fully saturated rings. The van der Waals surface area contributed by atoms with Crippen molar-refractivity contribution in [2.75, 3.05) is 26.5 Å². The van der Waals surface area contributed by atoms with E-state index in [1.165, 1.54) is 21.9 Å². The molecule has 38 heavy (non-hydrogen) atoms. The predicted octanol–water partition coefficient (Wildman–Crippen LogP) is 2.39. The summed E-state index contributed by atoms with van der Waals surface area (Å²) in [6, 6.07) is 10.4. The fourth-order valence-electron chi connectivity index (χ4n) is 4.71. The molecule has 0 bridgehead atoms. The van der Waals surface area contributed by atoms with Gasteiger partial charge in [0.2, 0.25) is 5.91 Å². The first-order valence-electron chi connectivity index (χ1n) is 12.3. The van der Waals surface area contributed by atoms with E-state index in [2.05, 4.69) is 5.32 Å². The Morgan fingerprint density at radius 2 is 1.82 bits per heavy atom. The molecule has 1 amide bonds. The number of benzene rings is 1. The molecule has 1 aliphatic carbocycles. The summed E-state index contributed by atoms with van der Waals surface area (Å²) in [7, 11) is -5.27. The predicted molar refractivity (Wildman–Crippen MR) is 147 cm³/mol. The number of piperidine rings is 1. The van der Waals surface area contributed by atoms with E-state index >= 15 is 0 Å². The van der Waals surface area contributed by atoms with Crippen LogP contribution < -0.4 is 11.1 Å². The number of hydrogen-bond donors (Lipinski definition) is 2. The first-order valence-corrected chi connectivity index (χ1v) is 16.4. The molecule has 1 saturated heterocycles. The highest BCUT2D eigenvalue weighted by Gasteiger charge is 2.34. The van der Waals surface area contributed by atoms with Crippen molar-refractivity contribution in [1.82, 2.24) is 9.62 Å². The van der Waals surface area contributed by atoms with Crippen molar-refractivity contribution in [3.63, 3.8) is 0 Å². The molecule has 3 N–H and O–H groups in total. The van der Waals surface area contributed by atoms with Crippen LogP contribution in [0.5, 0.6) is 0 Å². The summed E-state index contributed by atoms with van der Waals surface area (Å²) in [4.78, 5) is 12.8. The summed E-state index contributed by atoms with van der Waals surface area (Å²) in [5.74, 6) is -0.493. The Bertz CT molecular complexity index is 1440. The molecule has 0 spiro atoms. The molecule has 206 valence electrons. The zero-order chi connectivity index (χ0) is 27.6. The topological polar surface area (TPSA) is 136 Å². The van der Waals surface area contributed by atoms with E-state index in [0.29, 0.717) is 55.1 Å². The van der Waals surface area contributed by atoms with Gasteiger partial charge in [-0.15, -0.1) is 11.3 Å². The van der Waals surface area contributed by atoms with Crippen LogP contribution in [0.3, 0.4) is 0 Å². The number of sulfone groups is 1. The maximum Gasteiger partial charge on any atom is 0.252 e. The van der Waals surface area contributed by atoms with Gasteiger partial charge in [0, 0.05) is 62.3 Å². The second-order valence-electron chi connectivity index (χ2n) is 9.73. The van der Waals surface area contributed by atoms with E-state index in [4.69, 9.17) is 10.5 Å². The molecule has 2 heterocycles. The third-order valence-electron chi connectivity index (χ3n) is 7.01. The van der Waals surface area contributed by atoms with Crippen LogP contribution in [0, 0.1) is 0 Å². The van der Waals surface area contributed by atoms with E-state index in [-0.39, 0.29) is 10.9 Å². The van der Waals surface area contributed by atoms with Gasteiger partial charge in [-0.2, -0.15) is 4.31 Å². The quantitative estimate of drug-likeness (QED) is 0.441. The van der Waals surface area contributed by atoms with Gasteiger partial charge in [0.25, 0.3) is 10.0 Å². The number of amides is 1. The second kappa shape index (κ2) is 11.4. The maximum atomic E-state index is 13.3. The number of nitrogens with zero attached hydrogens (tertiary/aromatic N) is 1. The van der Waals surface area contributed by atoms with E-state index in [9.17, 15) is 21.6 Å². The molecule has 9 nitrogen and oxygen atoms in total. The van der Waals surface area contributed by atoms with Gasteiger partial charge in [-0.3, -0.25) is 4.79 Å². The van der Waals surface area contributed by atoms with Gasteiger partial charge in [-0.25, -0.2) is 16.8 Å². The van der Waals surface area contributed by atoms with Crippen LogP contribution in [0.4, 0.5) is 0 Å². The zero-order valence-corrected chi connectivity index (χ0v) is 23.9. The number of carbonyl (C=O) groups excluding carboxylic acids is 1. The normalized spacial score (nSPS) is 21.4. The monoisotopic (exact) mass is 579 g/mol. The number of ether oxygens (including phenoxy) is 1. The molecule has 1 aliphatic heterocycles. The fourth-order valence-corrected chi connectivity index (χ4v) is 8.44. The number of nitrogens with one attached hydrogen (secondary N) is 1. The lowest BCUT2D eigenvalue weighted by Gasteiger charge is -2.32. The van der Waals surface area contributed by atoms with Gasteiger partial charge < -0.3 is 15.8 Å². The SMILES string of the molecule is COC1(Cc2ccc(S(=O)(=O)N3CCC(NCc4ccc(S(C)(=O)=O)cc4)CC3)s2)C=CC=C(C(N)=O)C1. The second-order valence-corrected chi connectivity index (χ2v) is 15.1. The average Bonchev–Trinajstić information content (AvgIpc) is 3.36. The minimum Gasteiger partial charge on any atom is -0.373 e. The van der Waals surface area contributed by atoms with E-state index in [0.717, 1.165) is 10.4 Å². The molecule has 0 radical (unpaired) electrons. The fraction of sp³-hybridized carbons (Fsp3) is 0.423. The Balaban J connectivity index is 1.33. The summed E-state index contributed by atoms with van der Waals surface area (Å²) in [6.07, 6.45) is 8.61. The van der Waals surface area contributed by atoms with Crippen LogP contribution in [0.15, 0.2) is 69.3 Å². The minimum absolute atomic E-state index is 0.169. The van der Waals surface area contributed by atoms with Crippen LogP contribution in [0.2, 0.25) is 0 Å². The molecule has 1 atom stereocenters. The number of nitrogens with two attached hydrogens (primary N) is 1. The Morgan fingerprint density at radius 3 is 2.42 bits per heavy atom. The lowest BCUT2D eigenvalue weighted by atomic mass is 9.86. The number of carbonyl (C=O) groups is 1. The maximum absolute atomic E-state index is 13.3. The van der Waals surface area contributed by atoms with Gasteiger partial charge in [0.15, 0.2) is 9.84 Å². The Morgan fingerprint density at radius 1 is 1.13 bits per heavy atom. The molecule has 2 aliphatic rings. The van der Waals surface area contributed by atoms with Crippen molar-refractivity contribution in [1.29, 1.82) is 0 Å². The first kappa shape index (κ1) is 28.7. The Labute approximate surface area is 228 Å². The van der Waals surface area contributed by atoms with Crippen molar-refractivity contribution in [3.05, 3.63) is 70.6 Å². The summed E-state index contributed by atoms with van der Waals surface area (Å²) in [6.45, 7) is 1.41. The van der Waals surface area contributed by atoms with Crippen LogP contribution in [-0.2, 0) is 42.4 Å². The molecule has 1 aromatic carbocycles. The number of thiophene rings is 1. The molecule has 4 rings (SSSR count). The molecule has 12 heteroatoms. The van der Waals surface area contributed by atoms with Crippen molar-refractivity contribution in [2.24, 2.45) is 5.73 Å². The molecule has 1 unspecified atom stereocenters. The highest BCUT2D eigenvalue weighted by atomic mass is 32.2. The largest absolute Gasteiger partial charge is 0.373 e. The van der Waals surface area contributed by atoms with Crippen LogP contribution in [0.25, 0.3) is 0 Å². The minimum atomic E-state index is -3.62. The number of primary amides is 1. The third-order valence-corrected chi connectivity index (χ3v) is 11.6. The smallest absolute Gasteiger partial charge is 0.252 e. The van der Waals surface area contributed by atoms with E-state index < -0.39 is 31.4 Å². The lowest BCUT2D eigenvalue weighted by Crippen LogP contribution is -2.44. The van der Waals surface area contributed by atoms with Crippen LogP contribution >= 0.6 is 11.3 Å². The van der Waals surface area contributed by atoms with Gasteiger partial charge in [-0.1, -0.05) is 30.4 Å². The molecule has 2 aromatic rings. The van der Waals surface area contributed by atoms with E-state index in [1.54, 1.807) is 55.7 Å². The van der Waals surface area contributed by atoms with Crippen molar-refractivity contribution in [3.8, 4) is 0 Å². The van der Waals surface area contributed by atoms with Crippen molar-refractivity contribution < 1.29 is 26.4 Å². The van der Waals surface area contributed by atoms with Gasteiger partial charge >= 0.3 is 0 Å². The van der Waals surface area contributed by atoms with Gasteiger partial charge in [0.1, 0.15) is 4.21 Å². The Hall–Kier alpha value is -2.35. The zero-order valence-electron chi connectivity index (χ0n) is 21.4. The van der Waals surface area contributed by atoms with Gasteiger partial charge in [0.05, 0.1) is 10.5 Å². The molecular weight excluding hydrogens is 547 g/mol. The number of rotatable bonds is 10. The number of allylic oxidation sites excluding steroid dienone is 2. The highest BCUT2D eigenvalue weighted by Crippen LogP contribution is 2.34. The third kappa shape index (κ3) is 6.61. The number of sulfonamides is 1. The summed E-state index contributed by atoms with van der Waals surface area (Å²) < 4.78 is 57.5. The standard InChI is InChI=1S/C26H33N3O6S3/c1-35-26(13-3-4-20(16-26)25(27)30)17-22-7-10-24(36-22)38(33,34)29-14-11-21(12-15-29)28-18-19-5-8-23(9-6-19)37(2,31)32/h3-10,13,21,28H,11-12,14-18H2,1-2H3,(H2,27,30). The molecule has 0 saturated carbocycles. The molecule has 1 aromatic heterocycles.